The normalized spacial score (nSPS) is 12.7. The second-order valence-electron chi connectivity index (χ2n) is 4.99. The van der Waals surface area contributed by atoms with Crippen LogP contribution < -0.4 is 14.8 Å². The molecule has 0 radical (unpaired) electrons. The van der Waals surface area contributed by atoms with Crippen molar-refractivity contribution in [2.45, 2.75) is 31.7 Å². The first-order valence-electron chi connectivity index (χ1n) is 7.34. The van der Waals surface area contributed by atoms with E-state index in [9.17, 15) is 13.2 Å². The molecule has 1 aromatic rings. The Hall–Kier alpha value is -1.64. The van der Waals surface area contributed by atoms with E-state index in [2.05, 4.69) is 10.0 Å². The first-order valence-corrected chi connectivity index (χ1v) is 8.82. The summed E-state index contributed by atoms with van der Waals surface area (Å²) in [5.41, 5.74) is 0.715. The molecule has 0 bridgehead atoms. The zero-order valence-corrected chi connectivity index (χ0v) is 14.7. The first-order chi connectivity index (χ1) is 10.8. The van der Waals surface area contributed by atoms with Crippen molar-refractivity contribution in [3.63, 3.8) is 0 Å². The Kier molecular flexibility index (Phi) is 7.47. The molecule has 0 aromatic heterocycles. The molecule has 0 heterocycles. The minimum Gasteiger partial charge on any atom is -0.494 e. The molecule has 1 atom stereocenters. The number of aryl methyl sites for hydroxylation is 1. The average Bonchev–Trinajstić information content (AvgIpc) is 2.49. The molecule has 2 N–H and O–H groups in total. The van der Waals surface area contributed by atoms with Gasteiger partial charge >= 0.3 is 0 Å². The van der Waals surface area contributed by atoms with E-state index in [4.69, 9.17) is 9.47 Å². The minimum absolute atomic E-state index is 0.0926. The van der Waals surface area contributed by atoms with Crippen molar-refractivity contribution < 1.29 is 22.7 Å². The minimum atomic E-state index is -3.79. The lowest BCUT2D eigenvalue weighted by Crippen LogP contribution is -2.45. The van der Waals surface area contributed by atoms with Crippen LogP contribution in [0, 0.1) is 6.92 Å². The van der Waals surface area contributed by atoms with Gasteiger partial charge in [-0.1, -0.05) is 0 Å². The summed E-state index contributed by atoms with van der Waals surface area (Å²) in [5.74, 6) is 0.227. The molecule has 1 unspecified atom stereocenters. The Morgan fingerprint density at radius 3 is 2.61 bits per heavy atom. The largest absolute Gasteiger partial charge is 0.494 e. The van der Waals surface area contributed by atoms with Crippen molar-refractivity contribution >= 4 is 15.9 Å². The van der Waals surface area contributed by atoms with Gasteiger partial charge in [-0.15, -0.1) is 0 Å². The average molecular weight is 344 g/mol. The van der Waals surface area contributed by atoms with Crippen molar-refractivity contribution in [1.29, 1.82) is 0 Å². The topological polar surface area (TPSA) is 93.7 Å². The van der Waals surface area contributed by atoms with Crippen LogP contribution in [0.2, 0.25) is 0 Å². The van der Waals surface area contributed by atoms with Crippen LogP contribution in [0.15, 0.2) is 23.1 Å². The van der Waals surface area contributed by atoms with Gasteiger partial charge in [-0.2, -0.15) is 4.72 Å². The van der Waals surface area contributed by atoms with Gasteiger partial charge in [0.15, 0.2) is 0 Å². The van der Waals surface area contributed by atoms with Gasteiger partial charge in [-0.3, -0.25) is 4.79 Å². The molecule has 23 heavy (non-hydrogen) atoms. The Morgan fingerprint density at radius 2 is 2.04 bits per heavy atom. The summed E-state index contributed by atoms with van der Waals surface area (Å²) in [4.78, 5) is 11.9. The third-order valence-electron chi connectivity index (χ3n) is 3.09. The second-order valence-corrected chi connectivity index (χ2v) is 6.70. The highest BCUT2D eigenvalue weighted by Gasteiger charge is 2.22. The maximum absolute atomic E-state index is 12.3. The number of methoxy groups -OCH3 is 1. The second kappa shape index (κ2) is 8.85. The van der Waals surface area contributed by atoms with Gasteiger partial charge in [-0.25, -0.2) is 8.42 Å². The number of rotatable bonds is 9. The predicted molar refractivity (Wildman–Crippen MR) is 87.0 cm³/mol. The zero-order valence-electron chi connectivity index (χ0n) is 13.9. The van der Waals surface area contributed by atoms with Crippen molar-refractivity contribution in [2.75, 3.05) is 26.9 Å². The maximum Gasteiger partial charge on any atom is 0.241 e. The Labute approximate surface area is 137 Å². The van der Waals surface area contributed by atoms with Crippen LogP contribution in [-0.2, 0) is 19.6 Å². The Balaban J connectivity index is 2.78. The maximum atomic E-state index is 12.3. The fourth-order valence-electron chi connectivity index (χ4n) is 1.89. The van der Waals surface area contributed by atoms with E-state index in [1.54, 1.807) is 13.0 Å². The van der Waals surface area contributed by atoms with Crippen LogP contribution in [0.5, 0.6) is 5.75 Å². The highest BCUT2D eigenvalue weighted by atomic mass is 32.2. The van der Waals surface area contributed by atoms with Gasteiger partial charge in [0.05, 0.1) is 24.2 Å². The molecule has 0 spiro atoms. The van der Waals surface area contributed by atoms with Gasteiger partial charge in [0, 0.05) is 13.7 Å². The molecule has 1 aromatic carbocycles. The number of hydrogen-bond donors (Lipinski definition) is 2. The van der Waals surface area contributed by atoms with Crippen LogP contribution in [0.3, 0.4) is 0 Å². The van der Waals surface area contributed by atoms with E-state index in [0.717, 1.165) is 0 Å². The molecule has 0 aliphatic rings. The summed E-state index contributed by atoms with van der Waals surface area (Å²) in [7, 11) is -2.27. The summed E-state index contributed by atoms with van der Waals surface area (Å²) in [6.45, 7) is 6.30. The van der Waals surface area contributed by atoms with Crippen LogP contribution in [0.4, 0.5) is 0 Å². The summed E-state index contributed by atoms with van der Waals surface area (Å²) >= 11 is 0. The molecule has 0 saturated heterocycles. The number of nitrogens with one attached hydrogen (secondary N) is 2. The van der Waals surface area contributed by atoms with Gasteiger partial charge in [0.25, 0.3) is 0 Å². The van der Waals surface area contributed by atoms with Gasteiger partial charge in [0.2, 0.25) is 15.9 Å². The number of carbonyl (C=O) groups excluding carboxylic acids is 1. The van der Waals surface area contributed by atoms with E-state index in [1.807, 2.05) is 6.92 Å². The van der Waals surface area contributed by atoms with Crippen molar-refractivity contribution in [1.82, 2.24) is 10.0 Å². The van der Waals surface area contributed by atoms with Gasteiger partial charge in [-0.05, 0) is 44.5 Å². The molecule has 1 amide bonds. The lowest BCUT2D eigenvalue weighted by Gasteiger charge is -2.15. The lowest BCUT2D eigenvalue weighted by atomic mass is 10.2. The van der Waals surface area contributed by atoms with Crippen LogP contribution in [0.1, 0.15) is 19.4 Å². The van der Waals surface area contributed by atoms with E-state index >= 15 is 0 Å². The molecule has 130 valence electrons. The number of amides is 1. The van der Waals surface area contributed by atoms with Crippen molar-refractivity contribution in [3.05, 3.63) is 23.8 Å². The quantitative estimate of drug-likeness (QED) is 0.647. The van der Waals surface area contributed by atoms with E-state index < -0.39 is 22.0 Å². The molecule has 7 nitrogen and oxygen atoms in total. The van der Waals surface area contributed by atoms with Crippen LogP contribution in [-0.4, -0.2) is 47.2 Å². The molecule has 0 fully saturated rings. The highest BCUT2D eigenvalue weighted by molar-refractivity contribution is 7.89. The zero-order chi connectivity index (χ0) is 17.5. The molecule has 0 saturated carbocycles. The summed E-state index contributed by atoms with van der Waals surface area (Å²) < 4.78 is 37.2. The van der Waals surface area contributed by atoms with E-state index in [1.165, 1.54) is 26.2 Å². The van der Waals surface area contributed by atoms with Gasteiger partial charge < -0.3 is 14.8 Å². The van der Waals surface area contributed by atoms with E-state index in [0.29, 0.717) is 31.1 Å². The number of ether oxygens (including phenoxy) is 2. The number of sulfonamides is 1. The Morgan fingerprint density at radius 1 is 1.35 bits per heavy atom. The smallest absolute Gasteiger partial charge is 0.241 e. The molecular weight excluding hydrogens is 320 g/mol. The summed E-state index contributed by atoms with van der Waals surface area (Å²) in [6, 6.07) is 3.69. The standard InChI is InChI=1S/C15H24N2O5S/c1-5-22-14-7-6-13(10-11(14)2)23(19,20)17-12(3)15(18)16-8-9-21-4/h6-7,10,12,17H,5,8-9H2,1-4H3,(H,16,18). The molecule has 1 rings (SSSR count). The fraction of sp³-hybridized carbons (Fsp3) is 0.533. The van der Waals surface area contributed by atoms with Gasteiger partial charge in [0.1, 0.15) is 5.75 Å². The lowest BCUT2D eigenvalue weighted by molar-refractivity contribution is -0.122. The number of benzene rings is 1. The van der Waals surface area contributed by atoms with Crippen molar-refractivity contribution in [2.24, 2.45) is 0 Å². The number of carbonyl (C=O) groups is 1. The molecular formula is C15H24N2O5S. The summed E-state index contributed by atoms with van der Waals surface area (Å²) in [5, 5.41) is 2.58. The third kappa shape index (κ3) is 5.81. The first kappa shape index (κ1) is 19.4. The monoisotopic (exact) mass is 344 g/mol. The summed E-state index contributed by atoms with van der Waals surface area (Å²) in [6.07, 6.45) is 0. The Bertz CT molecular complexity index is 631. The number of hydrogen-bond acceptors (Lipinski definition) is 5. The third-order valence-corrected chi connectivity index (χ3v) is 4.63. The fourth-order valence-corrected chi connectivity index (χ4v) is 3.18. The molecule has 0 aliphatic heterocycles. The predicted octanol–water partition coefficient (Wildman–Crippen LogP) is 0.823. The van der Waals surface area contributed by atoms with Crippen molar-refractivity contribution in [3.8, 4) is 5.75 Å². The van der Waals surface area contributed by atoms with Crippen LogP contribution >= 0.6 is 0 Å². The van der Waals surface area contributed by atoms with E-state index in [-0.39, 0.29) is 4.90 Å². The highest BCUT2D eigenvalue weighted by Crippen LogP contribution is 2.21. The SMILES string of the molecule is CCOc1ccc(S(=O)(=O)NC(C)C(=O)NCCOC)cc1C. The van der Waals surface area contributed by atoms with Crippen LogP contribution in [0.25, 0.3) is 0 Å². The molecule has 8 heteroatoms. The molecule has 0 aliphatic carbocycles.